The van der Waals surface area contributed by atoms with Crippen LogP contribution in [0.25, 0.3) is 0 Å². The molecule has 0 atom stereocenters. The highest BCUT2D eigenvalue weighted by atomic mass is 16.2. The third kappa shape index (κ3) is 4.43. The Labute approximate surface area is 125 Å². The Kier molecular flexibility index (Phi) is 5.11. The minimum absolute atomic E-state index is 0.0178. The topological polar surface area (TPSA) is 50.2 Å². The minimum atomic E-state index is -0.0178. The van der Waals surface area contributed by atoms with Crippen LogP contribution in [-0.4, -0.2) is 33.7 Å². The van der Waals surface area contributed by atoms with E-state index in [-0.39, 0.29) is 5.91 Å². The number of hydrogen-bond donors (Lipinski definition) is 1. The Morgan fingerprint density at radius 1 is 1.33 bits per heavy atom. The molecule has 112 valence electrons. The molecule has 0 spiro atoms. The molecule has 1 aromatic heterocycles. The zero-order valence-electron chi connectivity index (χ0n) is 12.8. The average molecular weight is 286 g/mol. The van der Waals surface area contributed by atoms with Crippen molar-refractivity contribution in [2.75, 3.05) is 18.4 Å². The fourth-order valence-corrected chi connectivity index (χ4v) is 2.23. The zero-order chi connectivity index (χ0) is 15.2. The van der Waals surface area contributed by atoms with Gasteiger partial charge in [-0.1, -0.05) is 37.3 Å². The molecule has 0 radical (unpaired) electrons. The second-order valence-electron chi connectivity index (χ2n) is 5.13. The van der Waals surface area contributed by atoms with Crippen LogP contribution in [0.15, 0.2) is 36.4 Å². The van der Waals surface area contributed by atoms with Gasteiger partial charge in [0.15, 0.2) is 0 Å². The predicted molar refractivity (Wildman–Crippen MR) is 84.0 cm³/mol. The Hall–Kier alpha value is -2.14. The van der Waals surface area contributed by atoms with E-state index in [1.807, 2.05) is 38.2 Å². The molecule has 2 aromatic rings. The van der Waals surface area contributed by atoms with Crippen molar-refractivity contribution < 1.29 is 4.79 Å². The summed E-state index contributed by atoms with van der Waals surface area (Å²) in [7, 11) is 1.82. The summed E-state index contributed by atoms with van der Waals surface area (Å²) in [6.07, 6.45) is 0. The number of aromatic nitrogens is 2. The number of benzene rings is 1. The number of nitrogens with zero attached hydrogens (tertiary/aromatic N) is 3. The van der Waals surface area contributed by atoms with Gasteiger partial charge in [0, 0.05) is 19.7 Å². The molecule has 0 saturated heterocycles. The molecule has 0 bridgehead atoms. The van der Waals surface area contributed by atoms with E-state index < -0.39 is 0 Å². The second kappa shape index (κ2) is 7.04. The molecular formula is C16H22N4O. The van der Waals surface area contributed by atoms with E-state index in [1.54, 1.807) is 4.68 Å². The van der Waals surface area contributed by atoms with Crippen molar-refractivity contribution in [3.8, 4) is 0 Å². The molecule has 0 aliphatic heterocycles. The van der Waals surface area contributed by atoms with Crippen molar-refractivity contribution in [2.45, 2.75) is 20.4 Å². The van der Waals surface area contributed by atoms with Gasteiger partial charge in [-0.3, -0.25) is 14.4 Å². The first-order valence-corrected chi connectivity index (χ1v) is 7.15. The summed E-state index contributed by atoms with van der Waals surface area (Å²) in [6.45, 7) is 5.94. The van der Waals surface area contributed by atoms with Gasteiger partial charge < -0.3 is 5.32 Å². The number of anilines is 1. The molecule has 5 nitrogen and oxygen atoms in total. The van der Waals surface area contributed by atoms with E-state index in [2.05, 4.69) is 34.4 Å². The summed E-state index contributed by atoms with van der Waals surface area (Å²) >= 11 is 0. The first-order valence-electron chi connectivity index (χ1n) is 7.15. The zero-order valence-corrected chi connectivity index (χ0v) is 12.8. The first-order chi connectivity index (χ1) is 10.1. The van der Waals surface area contributed by atoms with Crippen molar-refractivity contribution in [2.24, 2.45) is 7.05 Å². The van der Waals surface area contributed by atoms with Gasteiger partial charge in [0.25, 0.3) is 0 Å². The number of carbonyl (C=O) groups is 1. The molecule has 21 heavy (non-hydrogen) atoms. The molecule has 1 heterocycles. The Balaban J connectivity index is 1.92. The summed E-state index contributed by atoms with van der Waals surface area (Å²) in [4.78, 5) is 14.2. The molecule has 0 fully saturated rings. The maximum atomic E-state index is 12.1. The van der Waals surface area contributed by atoms with E-state index in [1.165, 1.54) is 5.56 Å². The van der Waals surface area contributed by atoms with Crippen molar-refractivity contribution in [1.82, 2.24) is 14.7 Å². The molecule has 2 rings (SSSR count). The largest absolute Gasteiger partial charge is 0.310 e. The summed E-state index contributed by atoms with van der Waals surface area (Å²) in [5.74, 6) is 0.712. The Morgan fingerprint density at radius 2 is 2.05 bits per heavy atom. The smallest absolute Gasteiger partial charge is 0.239 e. The normalized spacial score (nSPS) is 10.9. The third-order valence-corrected chi connectivity index (χ3v) is 3.33. The number of likely N-dealkylation sites (N-methyl/N-ethyl adjacent to an activating group) is 1. The van der Waals surface area contributed by atoms with E-state index >= 15 is 0 Å². The van der Waals surface area contributed by atoms with Crippen LogP contribution in [0.5, 0.6) is 0 Å². The van der Waals surface area contributed by atoms with Gasteiger partial charge in [0.2, 0.25) is 5.91 Å². The first kappa shape index (κ1) is 15.3. The van der Waals surface area contributed by atoms with Gasteiger partial charge in [-0.05, 0) is 19.0 Å². The van der Waals surface area contributed by atoms with Crippen molar-refractivity contribution in [3.05, 3.63) is 47.7 Å². The number of hydrogen-bond acceptors (Lipinski definition) is 3. The van der Waals surface area contributed by atoms with Crippen molar-refractivity contribution in [1.29, 1.82) is 0 Å². The van der Waals surface area contributed by atoms with Crippen LogP contribution in [0.1, 0.15) is 18.2 Å². The van der Waals surface area contributed by atoms with Crippen LogP contribution < -0.4 is 5.32 Å². The van der Waals surface area contributed by atoms with Crippen LogP contribution in [0.2, 0.25) is 0 Å². The lowest BCUT2D eigenvalue weighted by atomic mass is 10.2. The number of amides is 1. The van der Waals surface area contributed by atoms with Crippen LogP contribution >= 0.6 is 0 Å². The Bertz CT molecular complexity index is 592. The van der Waals surface area contributed by atoms with Crippen molar-refractivity contribution in [3.63, 3.8) is 0 Å². The summed E-state index contributed by atoms with van der Waals surface area (Å²) in [6, 6.07) is 12.0. The van der Waals surface area contributed by atoms with Crippen LogP contribution in [0.3, 0.4) is 0 Å². The monoisotopic (exact) mass is 286 g/mol. The van der Waals surface area contributed by atoms with Crippen LogP contribution in [-0.2, 0) is 18.4 Å². The molecule has 0 aliphatic carbocycles. The van der Waals surface area contributed by atoms with Gasteiger partial charge in [-0.2, -0.15) is 5.10 Å². The maximum Gasteiger partial charge on any atom is 0.239 e. The second-order valence-corrected chi connectivity index (χ2v) is 5.13. The summed E-state index contributed by atoms with van der Waals surface area (Å²) in [5.41, 5.74) is 2.10. The molecule has 0 unspecified atom stereocenters. The SMILES string of the molecule is CCN(CC(=O)Nc1cc(C)nn1C)Cc1ccccc1. The highest BCUT2D eigenvalue weighted by Crippen LogP contribution is 2.09. The number of nitrogens with one attached hydrogen (secondary N) is 1. The quantitative estimate of drug-likeness (QED) is 0.885. The van der Waals surface area contributed by atoms with E-state index in [0.717, 1.165) is 24.6 Å². The highest BCUT2D eigenvalue weighted by molar-refractivity contribution is 5.91. The average Bonchev–Trinajstić information content (AvgIpc) is 2.77. The molecule has 1 amide bonds. The van der Waals surface area contributed by atoms with Crippen LogP contribution in [0, 0.1) is 6.92 Å². The van der Waals surface area contributed by atoms with Gasteiger partial charge in [-0.15, -0.1) is 0 Å². The lowest BCUT2D eigenvalue weighted by Crippen LogP contribution is -2.33. The number of rotatable bonds is 6. The van der Waals surface area contributed by atoms with E-state index in [9.17, 15) is 4.79 Å². The van der Waals surface area contributed by atoms with Crippen LogP contribution in [0.4, 0.5) is 5.82 Å². The number of carbonyl (C=O) groups excluding carboxylic acids is 1. The lowest BCUT2D eigenvalue weighted by molar-refractivity contribution is -0.117. The highest BCUT2D eigenvalue weighted by Gasteiger charge is 2.11. The van der Waals surface area contributed by atoms with Gasteiger partial charge in [0.05, 0.1) is 12.2 Å². The molecule has 0 aliphatic rings. The molecule has 1 N–H and O–H groups in total. The van der Waals surface area contributed by atoms with Crippen molar-refractivity contribution >= 4 is 11.7 Å². The molecule has 1 aromatic carbocycles. The van der Waals surface area contributed by atoms with E-state index in [0.29, 0.717) is 6.54 Å². The fourth-order valence-electron chi connectivity index (χ4n) is 2.23. The molecule has 0 saturated carbocycles. The number of aryl methyl sites for hydroxylation is 2. The Morgan fingerprint density at radius 3 is 2.62 bits per heavy atom. The van der Waals surface area contributed by atoms with Gasteiger partial charge in [0.1, 0.15) is 5.82 Å². The standard InChI is InChI=1S/C16H22N4O/c1-4-20(11-14-8-6-5-7-9-14)12-16(21)17-15-10-13(2)18-19(15)3/h5-10H,4,11-12H2,1-3H3,(H,17,21). The van der Waals surface area contributed by atoms with Gasteiger partial charge >= 0.3 is 0 Å². The summed E-state index contributed by atoms with van der Waals surface area (Å²) in [5, 5.41) is 7.12. The minimum Gasteiger partial charge on any atom is -0.310 e. The van der Waals surface area contributed by atoms with E-state index in [4.69, 9.17) is 0 Å². The van der Waals surface area contributed by atoms with Gasteiger partial charge in [-0.25, -0.2) is 0 Å². The fraction of sp³-hybridized carbons (Fsp3) is 0.375. The summed E-state index contributed by atoms with van der Waals surface area (Å²) < 4.78 is 1.68. The lowest BCUT2D eigenvalue weighted by Gasteiger charge is -2.19. The third-order valence-electron chi connectivity index (χ3n) is 3.33. The predicted octanol–water partition coefficient (Wildman–Crippen LogP) is 2.19. The maximum absolute atomic E-state index is 12.1. The molecular weight excluding hydrogens is 264 g/mol. The molecule has 5 heteroatoms.